The summed E-state index contributed by atoms with van der Waals surface area (Å²) in [5.74, 6) is 0. The van der Waals surface area contributed by atoms with Crippen LogP contribution in [0.15, 0.2) is 79.0 Å². The summed E-state index contributed by atoms with van der Waals surface area (Å²) in [6.07, 6.45) is 8.34. The maximum Gasteiger partial charge on any atom is 0.109 e. The molecule has 0 aliphatic carbocycles. The molecule has 0 unspecified atom stereocenters. The lowest BCUT2D eigenvalue weighted by Gasteiger charge is -2.07. The van der Waals surface area contributed by atoms with E-state index in [1.807, 2.05) is 17.5 Å². The molecule has 34 heavy (non-hydrogen) atoms. The third-order valence-electron chi connectivity index (χ3n) is 7.28. The van der Waals surface area contributed by atoms with Gasteiger partial charge in [-0.15, -0.1) is 11.3 Å². The molecule has 0 saturated carbocycles. The number of aryl methyl sites for hydroxylation is 1. The molecule has 7 rings (SSSR count). The molecule has 0 spiro atoms. The molecule has 0 atom stereocenters. The Morgan fingerprint density at radius 1 is 0.765 bits per heavy atom. The van der Waals surface area contributed by atoms with E-state index < -0.39 is 0 Å². The molecule has 0 radical (unpaired) electrons. The summed E-state index contributed by atoms with van der Waals surface area (Å²) < 4.78 is 2.46. The van der Waals surface area contributed by atoms with Crippen molar-refractivity contribution in [3.8, 4) is 10.6 Å². The van der Waals surface area contributed by atoms with Gasteiger partial charge in [0.15, 0.2) is 0 Å². The number of hydrogen-bond donors (Lipinski definition) is 0. The van der Waals surface area contributed by atoms with Gasteiger partial charge in [0, 0.05) is 33.1 Å². The highest BCUT2D eigenvalue weighted by atomic mass is 32.1. The molecule has 4 heterocycles. The van der Waals surface area contributed by atoms with Gasteiger partial charge in [-0.3, -0.25) is 9.38 Å². The number of pyridine rings is 1. The van der Waals surface area contributed by atoms with E-state index in [0.717, 1.165) is 12.1 Å². The van der Waals surface area contributed by atoms with Crippen molar-refractivity contribution >= 4 is 59.5 Å². The van der Waals surface area contributed by atoms with Crippen LogP contribution in [0.25, 0.3) is 58.8 Å². The van der Waals surface area contributed by atoms with Crippen LogP contribution in [0.4, 0.5) is 0 Å². The minimum Gasteiger partial charge on any atom is -0.299 e. The van der Waals surface area contributed by atoms with Crippen LogP contribution in [-0.4, -0.2) is 9.38 Å². The van der Waals surface area contributed by atoms with Gasteiger partial charge in [-0.05, 0) is 42.0 Å². The third kappa shape index (κ3) is 2.90. The second-order valence-corrected chi connectivity index (χ2v) is 10.4. The Morgan fingerprint density at radius 2 is 1.62 bits per heavy atom. The predicted octanol–water partition coefficient (Wildman–Crippen LogP) is 9.24. The minimum atomic E-state index is 1.10. The molecule has 0 amide bonds. The van der Waals surface area contributed by atoms with Crippen LogP contribution in [-0.2, 0) is 6.42 Å². The van der Waals surface area contributed by atoms with E-state index in [-0.39, 0.29) is 0 Å². The van der Waals surface area contributed by atoms with E-state index in [9.17, 15) is 0 Å². The molecule has 2 nitrogen and oxygen atoms in total. The van der Waals surface area contributed by atoms with Crippen molar-refractivity contribution in [1.82, 2.24) is 9.38 Å². The van der Waals surface area contributed by atoms with Crippen LogP contribution >= 0.6 is 11.3 Å². The second kappa shape index (κ2) is 7.82. The third-order valence-corrected chi connectivity index (χ3v) is 8.41. The number of unbranched alkanes of at least 4 members (excludes halogenated alkanes) is 3. The molecular weight excluding hydrogens is 432 g/mol. The Bertz CT molecular complexity index is 1800. The highest BCUT2D eigenvalue weighted by Gasteiger charge is 2.20. The SMILES string of the molecule is CCCCCCc1ccc2c(-c3cc4c5cccc6c7ccccc7n(c4s3)c65)nccc2c1. The summed E-state index contributed by atoms with van der Waals surface area (Å²) in [6, 6.07) is 26.9. The summed E-state index contributed by atoms with van der Waals surface area (Å²) in [7, 11) is 0. The lowest BCUT2D eigenvalue weighted by atomic mass is 10.0. The molecule has 3 heteroatoms. The van der Waals surface area contributed by atoms with Gasteiger partial charge < -0.3 is 0 Å². The van der Waals surface area contributed by atoms with Gasteiger partial charge >= 0.3 is 0 Å². The Kier molecular flexibility index (Phi) is 4.59. The van der Waals surface area contributed by atoms with Crippen molar-refractivity contribution in [3.63, 3.8) is 0 Å². The van der Waals surface area contributed by atoms with Gasteiger partial charge in [0.2, 0.25) is 0 Å². The zero-order valence-electron chi connectivity index (χ0n) is 19.3. The molecule has 4 aromatic heterocycles. The van der Waals surface area contributed by atoms with Crippen molar-refractivity contribution in [2.45, 2.75) is 39.0 Å². The summed E-state index contributed by atoms with van der Waals surface area (Å²) in [6.45, 7) is 2.27. The number of nitrogens with zero attached hydrogens (tertiary/aromatic N) is 2. The number of fused-ring (bicyclic) bond motifs is 7. The van der Waals surface area contributed by atoms with E-state index in [0.29, 0.717) is 0 Å². The van der Waals surface area contributed by atoms with E-state index in [1.165, 1.54) is 84.3 Å². The molecular formula is C31H26N2S. The van der Waals surface area contributed by atoms with Gasteiger partial charge in [-0.2, -0.15) is 0 Å². The smallest absolute Gasteiger partial charge is 0.109 e. The molecule has 0 saturated heterocycles. The first-order valence-electron chi connectivity index (χ1n) is 12.4. The average molecular weight is 459 g/mol. The molecule has 0 aliphatic rings. The Balaban J connectivity index is 1.38. The first-order chi connectivity index (χ1) is 16.8. The zero-order chi connectivity index (χ0) is 22.6. The van der Waals surface area contributed by atoms with Gasteiger partial charge in [-0.25, -0.2) is 0 Å². The van der Waals surface area contributed by atoms with Gasteiger partial charge in [0.05, 0.1) is 21.6 Å². The van der Waals surface area contributed by atoms with Crippen molar-refractivity contribution in [1.29, 1.82) is 0 Å². The highest BCUT2D eigenvalue weighted by Crippen LogP contribution is 2.44. The van der Waals surface area contributed by atoms with Crippen molar-refractivity contribution in [3.05, 3.63) is 84.6 Å². The number of aromatic nitrogens is 2. The predicted molar refractivity (Wildman–Crippen MR) is 148 cm³/mol. The van der Waals surface area contributed by atoms with Crippen LogP contribution in [0, 0.1) is 0 Å². The monoisotopic (exact) mass is 458 g/mol. The van der Waals surface area contributed by atoms with Gasteiger partial charge in [0.1, 0.15) is 4.83 Å². The van der Waals surface area contributed by atoms with E-state index in [2.05, 4.69) is 84.1 Å². The van der Waals surface area contributed by atoms with Crippen molar-refractivity contribution in [2.24, 2.45) is 0 Å². The maximum absolute atomic E-state index is 4.86. The van der Waals surface area contributed by atoms with E-state index in [4.69, 9.17) is 4.98 Å². The first kappa shape index (κ1) is 20.0. The molecule has 7 aromatic rings. The number of hydrogen-bond acceptors (Lipinski definition) is 2. The Hall–Kier alpha value is -3.43. The fourth-order valence-electron chi connectivity index (χ4n) is 5.64. The first-order valence-corrected chi connectivity index (χ1v) is 13.2. The van der Waals surface area contributed by atoms with E-state index >= 15 is 0 Å². The summed E-state index contributed by atoms with van der Waals surface area (Å²) in [5, 5.41) is 7.87. The van der Waals surface area contributed by atoms with Crippen LogP contribution in [0.1, 0.15) is 38.2 Å². The van der Waals surface area contributed by atoms with Gasteiger partial charge in [0.25, 0.3) is 0 Å². The topological polar surface area (TPSA) is 17.3 Å². The summed E-state index contributed by atoms with van der Waals surface area (Å²) in [4.78, 5) is 7.42. The fraction of sp³-hybridized carbons (Fsp3) is 0.194. The van der Waals surface area contributed by atoms with Crippen LogP contribution < -0.4 is 0 Å². The van der Waals surface area contributed by atoms with Gasteiger partial charge in [-0.1, -0.05) is 80.8 Å². The molecule has 0 N–H and O–H groups in total. The second-order valence-electron chi connectivity index (χ2n) is 9.41. The van der Waals surface area contributed by atoms with Crippen LogP contribution in [0.2, 0.25) is 0 Å². The maximum atomic E-state index is 4.86. The molecule has 0 bridgehead atoms. The fourth-order valence-corrected chi connectivity index (χ4v) is 6.84. The van der Waals surface area contributed by atoms with Crippen LogP contribution in [0.5, 0.6) is 0 Å². The quantitative estimate of drug-likeness (QED) is 0.227. The largest absolute Gasteiger partial charge is 0.299 e. The summed E-state index contributed by atoms with van der Waals surface area (Å²) in [5.41, 5.74) is 5.16. The molecule has 0 fully saturated rings. The summed E-state index contributed by atoms with van der Waals surface area (Å²) >= 11 is 1.86. The normalized spacial score (nSPS) is 12.3. The van der Waals surface area contributed by atoms with Crippen LogP contribution in [0.3, 0.4) is 0 Å². The Morgan fingerprint density at radius 3 is 2.53 bits per heavy atom. The highest BCUT2D eigenvalue weighted by molar-refractivity contribution is 7.22. The number of rotatable bonds is 6. The number of benzene rings is 3. The molecule has 3 aromatic carbocycles. The minimum absolute atomic E-state index is 1.10. The Labute approximate surface area is 202 Å². The number of thiophene rings is 1. The lowest BCUT2D eigenvalue weighted by Crippen LogP contribution is -1.88. The molecule has 0 aliphatic heterocycles. The lowest BCUT2D eigenvalue weighted by molar-refractivity contribution is 0.667. The standard InChI is InChI=1S/C31H26N2S/c1-2-3-4-5-9-20-14-15-22-21(18-20)16-17-32-29(22)28-19-26-25-12-8-11-24-23-10-6-7-13-27(23)33(30(24)25)31(26)34-28/h6-8,10-19H,2-5,9H2,1H3. The average Bonchev–Trinajstić information content (AvgIpc) is 3.54. The van der Waals surface area contributed by atoms with E-state index in [1.54, 1.807) is 0 Å². The zero-order valence-corrected chi connectivity index (χ0v) is 20.2. The van der Waals surface area contributed by atoms with Crippen molar-refractivity contribution in [2.75, 3.05) is 0 Å². The molecule has 166 valence electrons. The van der Waals surface area contributed by atoms with Crippen molar-refractivity contribution < 1.29 is 0 Å². The number of para-hydroxylation sites is 2.